The highest BCUT2D eigenvalue weighted by Gasteiger charge is 2.34. The molecule has 0 bridgehead atoms. The van der Waals surface area contributed by atoms with Crippen molar-refractivity contribution in [2.75, 3.05) is 17.5 Å². The number of hydrogen-bond donors (Lipinski definition) is 0. The number of halogens is 5. The zero-order chi connectivity index (χ0) is 22.4. The van der Waals surface area contributed by atoms with Crippen LogP contribution >= 0.6 is 23.2 Å². The molecule has 3 aromatic rings. The minimum Gasteiger partial charge on any atom is -0.489 e. The van der Waals surface area contributed by atoms with Gasteiger partial charge in [-0.25, -0.2) is 8.42 Å². The van der Waals surface area contributed by atoms with Crippen LogP contribution < -0.4 is 9.04 Å². The van der Waals surface area contributed by atoms with Crippen molar-refractivity contribution in [2.45, 2.75) is 11.1 Å². The molecule has 4 rings (SSSR count). The van der Waals surface area contributed by atoms with Crippen LogP contribution in [0.15, 0.2) is 65.6 Å². The van der Waals surface area contributed by atoms with Crippen LogP contribution in [0.2, 0.25) is 10.0 Å². The molecule has 10 heteroatoms. The van der Waals surface area contributed by atoms with E-state index in [0.29, 0.717) is 33.0 Å². The molecule has 162 valence electrons. The predicted molar refractivity (Wildman–Crippen MR) is 113 cm³/mol. The van der Waals surface area contributed by atoms with Crippen molar-refractivity contribution in [3.05, 3.63) is 76.3 Å². The molecule has 1 aliphatic heterocycles. The summed E-state index contributed by atoms with van der Waals surface area (Å²) in [5, 5.41) is 0.857. The summed E-state index contributed by atoms with van der Waals surface area (Å²) >= 11 is 12.3. The van der Waals surface area contributed by atoms with Crippen LogP contribution in [0.4, 0.5) is 18.9 Å². The molecule has 4 nitrogen and oxygen atoms in total. The predicted octanol–water partition coefficient (Wildman–Crippen LogP) is 6.27. The first kappa shape index (κ1) is 21.8. The largest absolute Gasteiger partial charge is 0.489 e. The monoisotopic (exact) mass is 487 g/mol. The average Bonchev–Trinajstić information content (AvgIpc) is 2.74. The number of sulfonamides is 1. The van der Waals surface area contributed by atoms with Crippen molar-refractivity contribution < 1.29 is 26.3 Å². The van der Waals surface area contributed by atoms with Crippen LogP contribution in [0.3, 0.4) is 0 Å². The van der Waals surface area contributed by atoms with E-state index in [-0.39, 0.29) is 18.8 Å². The molecule has 0 amide bonds. The Bertz CT molecular complexity index is 1260. The Balaban J connectivity index is 1.82. The van der Waals surface area contributed by atoms with E-state index >= 15 is 0 Å². The van der Waals surface area contributed by atoms with Crippen molar-refractivity contribution in [2.24, 2.45) is 0 Å². The Morgan fingerprint density at radius 2 is 1.74 bits per heavy atom. The third-order valence-corrected chi connectivity index (χ3v) is 7.14. The highest BCUT2D eigenvalue weighted by Crippen LogP contribution is 2.41. The molecule has 0 spiro atoms. The lowest BCUT2D eigenvalue weighted by atomic mass is 10.0. The Morgan fingerprint density at radius 3 is 2.48 bits per heavy atom. The van der Waals surface area contributed by atoms with Gasteiger partial charge >= 0.3 is 6.18 Å². The summed E-state index contributed by atoms with van der Waals surface area (Å²) in [5.41, 5.74) is 0.332. The molecule has 0 N–H and O–H groups in total. The maximum atomic E-state index is 13.3. The number of nitrogens with zero attached hydrogens (tertiary/aromatic N) is 1. The second-order valence-corrected chi connectivity index (χ2v) is 9.46. The van der Waals surface area contributed by atoms with Gasteiger partial charge in [-0.2, -0.15) is 13.2 Å². The molecule has 3 aromatic carbocycles. The molecule has 0 unspecified atom stereocenters. The minimum absolute atomic E-state index is 0.0572. The summed E-state index contributed by atoms with van der Waals surface area (Å²) in [7, 11) is -4.28. The first-order valence-electron chi connectivity index (χ1n) is 9.00. The van der Waals surface area contributed by atoms with E-state index in [2.05, 4.69) is 0 Å². The number of rotatable bonds is 3. The fraction of sp³-hybridized carbons (Fsp3) is 0.143. The average molecular weight is 488 g/mol. The highest BCUT2D eigenvalue weighted by atomic mass is 35.5. The van der Waals surface area contributed by atoms with Gasteiger partial charge in [0, 0.05) is 15.6 Å². The zero-order valence-corrected chi connectivity index (χ0v) is 18.0. The molecule has 1 aliphatic rings. The Hall–Kier alpha value is -2.42. The van der Waals surface area contributed by atoms with Crippen LogP contribution in [0, 0.1) is 0 Å². The smallest absolute Gasteiger partial charge is 0.416 e. The molecule has 0 atom stereocenters. The van der Waals surface area contributed by atoms with E-state index in [1.807, 2.05) is 0 Å². The summed E-state index contributed by atoms with van der Waals surface area (Å²) in [5.74, 6) is 0.295. The van der Waals surface area contributed by atoms with Crippen LogP contribution in [0.1, 0.15) is 5.56 Å². The van der Waals surface area contributed by atoms with Gasteiger partial charge in [0.05, 0.1) is 22.7 Å². The molecule has 0 radical (unpaired) electrons. The van der Waals surface area contributed by atoms with Gasteiger partial charge in [-0.05, 0) is 54.1 Å². The number of anilines is 1. The summed E-state index contributed by atoms with van der Waals surface area (Å²) < 4.78 is 72.4. The summed E-state index contributed by atoms with van der Waals surface area (Å²) in [6.07, 6.45) is -4.66. The van der Waals surface area contributed by atoms with Crippen LogP contribution in [0.5, 0.6) is 5.75 Å². The van der Waals surface area contributed by atoms with Crippen molar-refractivity contribution in [1.29, 1.82) is 0 Å². The van der Waals surface area contributed by atoms with E-state index < -0.39 is 26.7 Å². The second-order valence-electron chi connectivity index (χ2n) is 6.76. The van der Waals surface area contributed by atoms with E-state index in [9.17, 15) is 21.6 Å². The molecule has 0 saturated heterocycles. The molecular weight excluding hydrogens is 474 g/mol. The third kappa shape index (κ3) is 4.20. The number of fused-ring (bicyclic) bond motifs is 1. The maximum absolute atomic E-state index is 13.3. The van der Waals surface area contributed by atoms with E-state index in [1.165, 1.54) is 0 Å². The Labute approximate surface area is 186 Å². The molecule has 0 saturated carbocycles. The summed E-state index contributed by atoms with van der Waals surface area (Å²) in [4.78, 5) is -0.457. The van der Waals surface area contributed by atoms with Gasteiger partial charge in [0.1, 0.15) is 12.4 Å². The van der Waals surface area contributed by atoms with Gasteiger partial charge < -0.3 is 4.74 Å². The summed E-state index contributed by atoms with van der Waals surface area (Å²) in [6.45, 7) is 0.000764. The van der Waals surface area contributed by atoms with Gasteiger partial charge in [-0.1, -0.05) is 35.3 Å². The highest BCUT2D eigenvalue weighted by molar-refractivity contribution is 7.92. The molecular formula is C21H14Cl2F3NO3S. The number of hydrogen-bond acceptors (Lipinski definition) is 3. The Morgan fingerprint density at radius 1 is 0.968 bits per heavy atom. The van der Waals surface area contributed by atoms with Gasteiger partial charge in [-0.15, -0.1) is 0 Å². The SMILES string of the molecule is O=S(=O)(c1cccc(C(F)(F)F)c1)N1CCOc2ccc(-c3cc(Cl)ccc3Cl)cc21. The number of ether oxygens (including phenoxy) is 1. The van der Waals surface area contributed by atoms with E-state index in [0.717, 1.165) is 22.5 Å². The Kier molecular flexibility index (Phi) is 5.57. The van der Waals surface area contributed by atoms with Gasteiger partial charge in [0.2, 0.25) is 0 Å². The molecule has 0 aliphatic carbocycles. The number of alkyl halides is 3. The molecule has 1 heterocycles. The normalized spacial score (nSPS) is 14.2. The summed E-state index contributed by atoms with van der Waals surface area (Å²) in [6, 6.07) is 13.4. The fourth-order valence-corrected chi connectivity index (χ4v) is 5.19. The second kappa shape index (κ2) is 7.93. The van der Waals surface area contributed by atoms with Gasteiger partial charge in [0.15, 0.2) is 0 Å². The van der Waals surface area contributed by atoms with Crippen molar-refractivity contribution in [3.8, 4) is 16.9 Å². The first-order valence-corrected chi connectivity index (χ1v) is 11.2. The van der Waals surface area contributed by atoms with E-state index in [1.54, 1.807) is 36.4 Å². The van der Waals surface area contributed by atoms with Crippen LogP contribution in [0.25, 0.3) is 11.1 Å². The lowest BCUT2D eigenvalue weighted by Gasteiger charge is -2.31. The van der Waals surface area contributed by atoms with E-state index in [4.69, 9.17) is 27.9 Å². The maximum Gasteiger partial charge on any atom is 0.416 e. The van der Waals surface area contributed by atoms with Crippen LogP contribution in [-0.2, 0) is 16.2 Å². The van der Waals surface area contributed by atoms with Crippen LogP contribution in [-0.4, -0.2) is 21.6 Å². The standard InChI is InChI=1S/C21H14Cl2F3NO3S/c22-15-5-6-18(23)17(12-15)13-4-7-20-19(10-13)27(8-9-30-20)31(28,29)16-3-1-2-14(11-16)21(24,25)26/h1-7,10-12H,8-9H2. The fourth-order valence-electron chi connectivity index (χ4n) is 3.29. The minimum atomic E-state index is -4.66. The van der Waals surface area contributed by atoms with Crippen molar-refractivity contribution in [3.63, 3.8) is 0 Å². The number of benzene rings is 3. The lowest BCUT2D eigenvalue weighted by molar-refractivity contribution is -0.137. The van der Waals surface area contributed by atoms with Crippen molar-refractivity contribution >= 4 is 38.9 Å². The van der Waals surface area contributed by atoms with Gasteiger partial charge in [-0.3, -0.25) is 4.31 Å². The quantitative estimate of drug-likeness (QED) is 0.437. The lowest BCUT2D eigenvalue weighted by Crippen LogP contribution is -2.38. The van der Waals surface area contributed by atoms with Crippen molar-refractivity contribution in [1.82, 2.24) is 0 Å². The first-order chi connectivity index (χ1) is 14.6. The topological polar surface area (TPSA) is 46.6 Å². The van der Waals surface area contributed by atoms with Gasteiger partial charge in [0.25, 0.3) is 10.0 Å². The molecule has 0 aromatic heterocycles. The zero-order valence-electron chi connectivity index (χ0n) is 15.7. The third-order valence-electron chi connectivity index (χ3n) is 4.77. The molecule has 31 heavy (non-hydrogen) atoms. The molecule has 0 fully saturated rings.